The van der Waals surface area contributed by atoms with E-state index in [1.165, 1.54) is 4.68 Å². The second-order valence-electron chi connectivity index (χ2n) is 10.3. The van der Waals surface area contributed by atoms with Crippen LogP contribution in [0.2, 0.25) is 0 Å². The summed E-state index contributed by atoms with van der Waals surface area (Å²) in [5, 5.41) is 8.26. The summed E-state index contributed by atoms with van der Waals surface area (Å²) in [6.45, 7) is 11.4. The number of rotatable bonds is 3. The molecule has 1 saturated heterocycles. The lowest BCUT2D eigenvalue weighted by atomic mass is 9.93. The minimum absolute atomic E-state index is 0.0575. The highest BCUT2D eigenvalue weighted by Gasteiger charge is 2.29. The number of aromatic nitrogens is 3. The van der Waals surface area contributed by atoms with Crippen molar-refractivity contribution in [1.82, 2.24) is 24.8 Å². The van der Waals surface area contributed by atoms with Crippen molar-refractivity contribution in [3.8, 4) is 11.5 Å². The number of amides is 1. The number of hydrogen-bond acceptors (Lipinski definition) is 8. The standard InChI is InChI=1S/C30H28N6O5/c1-31-24-5-6-25-26(15-24)36(33-32-25)30(37)35-10-2-9-34(11-12-35)29(20-3-7-27-22(13-20)16-38-18-40-27)21-4-8-28-23(14-21)17-39-19-41-28/h3-8,13-15,29H,2,9-12,16-19H2. The van der Waals surface area contributed by atoms with E-state index in [0.717, 1.165) is 46.7 Å². The number of benzene rings is 3. The molecule has 11 nitrogen and oxygen atoms in total. The van der Waals surface area contributed by atoms with Crippen LogP contribution < -0.4 is 9.47 Å². The van der Waals surface area contributed by atoms with Gasteiger partial charge in [0.1, 0.15) is 17.0 Å². The smallest absolute Gasteiger partial charge is 0.346 e. The van der Waals surface area contributed by atoms with Gasteiger partial charge in [-0.25, -0.2) is 9.64 Å². The molecule has 3 aliphatic rings. The molecule has 7 rings (SSSR count). The molecular weight excluding hydrogens is 524 g/mol. The van der Waals surface area contributed by atoms with E-state index in [1.54, 1.807) is 18.2 Å². The fourth-order valence-electron chi connectivity index (χ4n) is 5.81. The van der Waals surface area contributed by atoms with Crippen molar-refractivity contribution in [2.75, 3.05) is 39.8 Å². The third-order valence-corrected chi connectivity index (χ3v) is 7.82. The van der Waals surface area contributed by atoms with E-state index in [2.05, 4.69) is 44.3 Å². The molecule has 208 valence electrons. The van der Waals surface area contributed by atoms with Crippen LogP contribution in [0.5, 0.6) is 11.5 Å². The Bertz CT molecular complexity index is 1600. The maximum atomic E-state index is 13.6. The monoisotopic (exact) mass is 552 g/mol. The first-order chi connectivity index (χ1) is 20.2. The molecule has 0 N–H and O–H groups in total. The number of fused-ring (bicyclic) bond motifs is 3. The number of nitrogens with zero attached hydrogens (tertiary/aromatic N) is 6. The lowest BCUT2D eigenvalue weighted by molar-refractivity contribution is -0.0164. The fraction of sp³-hybridized carbons (Fsp3) is 0.333. The molecule has 0 bridgehead atoms. The van der Waals surface area contributed by atoms with Crippen LogP contribution in [0.25, 0.3) is 15.9 Å². The van der Waals surface area contributed by atoms with Gasteiger partial charge in [-0.05, 0) is 53.9 Å². The Balaban J connectivity index is 1.19. The second-order valence-corrected chi connectivity index (χ2v) is 10.3. The molecule has 0 saturated carbocycles. The van der Waals surface area contributed by atoms with E-state index < -0.39 is 0 Å². The maximum absolute atomic E-state index is 13.6. The van der Waals surface area contributed by atoms with E-state index >= 15 is 0 Å². The molecule has 1 fully saturated rings. The van der Waals surface area contributed by atoms with Crippen LogP contribution in [0.15, 0.2) is 54.6 Å². The van der Waals surface area contributed by atoms with Gasteiger partial charge in [0, 0.05) is 37.3 Å². The SMILES string of the molecule is [C-]#[N+]c1ccc2nnn(C(=O)N3CCCN(C(c4ccc5c(c4)COCO5)c4ccc5c(c4)COCO5)CC3)c2c1. The first-order valence-electron chi connectivity index (χ1n) is 13.6. The van der Waals surface area contributed by atoms with Crippen molar-refractivity contribution >= 4 is 22.8 Å². The quantitative estimate of drug-likeness (QED) is 0.344. The number of carbonyl (C=O) groups is 1. The summed E-state index contributed by atoms with van der Waals surface area (Å²) in [7, 11) is 0. The molecular formula is C30H28N6O5. The Morgan fingerprint density at radius 3 is 2.24 bits per heavy atom. The molecule has 1 aromatic heterocycles. The van der Waals surface area contributed by atoms with Crippen LogP contribution in [0.3, 0.4) is 0 Å². The van der Waals surface area contributed by atoms with Crippen molar-refractivity contribution in [3.63, 3.8) is 0 Å². The summed E-state index contributed by atoms with van der Waals surface area (Å²) < 4.78 is 23.8. The molecule has 0 radical (unpaired) electrons. The Morgan fingerprint density at radius 2 is 1.56 bits per heavy atom. The molecule has 4 aromatic rings. The van der Waals surface area contributed by atoms with Crippen LogP contribution >= 0.6 is 0 Å². The summed E-state index contributed by atoms with van der Waals surface area (Å²) >= 11 is 0. The number of ether oxygens (including phenoxy) is 4. The zero-order chi connectivity index (χ0) is 27.8. The van der Waals surface area contributed by atoms with E-state index in [4.69, 9.17) is 25.5 Å². The number of carbonyl (C=O) groups excluding carboxylic acids is 1. The van der Waals surface area contributed by atoms with Crippen molar-refractivity contribution in [1.29, 1.82) is 0 Å². The molecule has 3 aliphatic heterocycles. The minimum atomic E-state index is -0.237. The Kier molecular flexibility index (Phi) is 6.72. The second kappa shape index (κ2) is 10.8. The lowest BCUT2D eigenvalue weighted by Gasteiger charge is -2.33. The Hall–Kier alpha value is -4.50. The predicted octanol–water partition coefficient (Wildman–Crippen LogP) is 4.48. The van der Waals surface area contributed by atoms with Gasteiger partial charge >= 0.3 is 6.03 Å². The van der Waals surface area contributed by atoms with Gasteiger partial charge in [-0.2, -0.15) is 4.68 Å². The molecule has 0 aliphatic carbocycles. The Morgan fingerprint density at radius 1 is 0.854 bits per heavy atom. The van der Waals surface area contributed by atoms with Crippen LogP contribution in [-0.4, -0.2) is 70.6 Å². The summed E-state index contributed by atoms with van der Waals surface area (Å²) in [5.41, 5.74) is 5.87. The predicted molar refractivity (Wildman–Crippen MR) is 148 cm³/mol. The van der Waals surface area contributed by atoms with Crippen LogP contribution in [0.4, 0.5) is 10.5 Å². The molecule has 3 aromatic carbocycles. The molecule has 4 heterocycles. The Labute approximate surface area is 236 Å². The third-order valence-electron chi connectivity index (χ3n) is 7.82. The van der Waals surface area contributed by atoms with Gasteiger partial charge in [0.2, 0.25) is 0 Å². The van der Waals surface area contributed by atoms with Gasteiger partial charge < -0.3 is 23.8 Å². The average Bonchev–Trinajstić information content (AvgIpc) is 3.30. The molecule has 41 heavy (non-hydrogen) atoms. The van der Waals surface area contributed by atoms with Crippen LogP contribution in [0.1, 0.15) is 34.7 Å². The van der Waals surface area contributed by atoms with E-state index in [-0.39, 0.29) is 25.7 Å². The summed E-state index contributed by atoms with van der Waals surface area (Å²) in [6, 6.07) is 17.4. The van der Waals surface area contributed by atoms with Gasteiger partial charge in [0.05, 0.1) is 31.3 Å². The van der Waals surface area contributed by atoms with E-state index in [9.17, 15) is 4.79 Å². The zero-order valence-corrected chi connectivity index (χ0v) is 22.4. The summed E-state index contributed by atoms with van der Waals surface area (Å²) in [6.07, 6.45) is 0.788. The van der Waals surface area contributed by atoms with Gasteiger partial charge in [-0.15, -0.1) is 5.10 Å². The molecule has 0 unspecified atom stereocenters. The highest BCUT2D eigenvalue weighted by atomic mass is 16.7. The van der Waals surface area contributed by atoms with Gasteiger partial charge in [0.25, 0.3) is 0 Å². The van der Waals surface area contributed by atoms with Gasteiger partial charge in [0.15, 0.2) is 19.3 Å². The normalized spacial score (nSPS) is 17.2. The molecule has 11 heteroatoms. The number of hydrogen-bond donors (Lipinski definition) is 0. The van der Waals surface area contributed by atoms with Crippen molar-refractivity contribution < 1.29 is 23.7 Å². The van der Waals surface area contributed by atoms with E-state index in [1.807, 2.05) is 17.0 Å². The van der Waals surface area contributed by atoms with Gasteiger partial charge in [-0.3, -0.25) is 4.90 Å². The highest BCUT2D eigenvalue weighted by molar-refractivity contribution is 5.89. The largest absolute Gasteiger partial charge is 0.467 e. The summed E-state index contributed by atoms with van der Waals surface area (Å²) in [4.78, 5) is 21.3. The third kappa shape index (κ3) is 4.86. The highest BCUT2D eigenvalue weighted by Crippen LogP contribution is 2.36. The van der Waals surface area contributed by atoms with Gasteiger partial charge in [-0.1, -0.05) is 23.4 Å². The van der Waals surface area contributed by atoms with E-state index in [0.29, 0.717) is 49.6 Å². The van der Waals surface area contributed by atoms with Crippen LogP contribution in [0, 0.1) is 6.57 Å². The molecule has 0 atom stereocenters. The topological polar surface area (TPSA) is 95.5 Å². The van der Waals surface area contributed by atoms with Crippen LogP contribution in [-0.2, 0) is 22.7 Å². The first-order valence-corrected chi connectivity index (χ1v) is 13.6. The fourth-order valence-corrected chi connectivity index (χ4v) is 5.81. The molecule has 1 amide bonds. The summed E-state index contributed by atoms with van der Waals surface area (Å²) in [5.74, 6) is 1.69. The maximum Gasteiger partial charge on any atom is 0.346 e. The zero-order valence-electron chi connectivity index (χ0n) is 22.4. The van der Waals surface area contributed by atoms with Crippen molar-refractivity contribution in [2.24, 2.45) is 0 Å². The minimum Gasteiger partial charge on any atom is -0.467 e. The lowest BCUT2D eigenvalue weighted by Crippen LogP contribution is -2.39. The van der Waals surface area contributed by atoms with Crippen molar-refractivity contribution in [2.45, 2.75) is 25.7 Å². The van der Waals surface area contributed by atoms with Crippen molar-refractivity contribution in [3.05, 3.63) is 88.3 Å². The average molecular weight is 553 g/mol. The molecule has 0 spiro atoms. The first kappa shape index (κ1) is 25.5.